The molecule has 170 valence electrons. The molecule has 0 saturated heterocycles. The van der Waals surface area contributed by atoms with Crippen molar-refractivity contribution in [3.8, 4) is 0 Å². The van der Waals surface area contributed by atoms with Crippen LogP contribution < -0.4 is 5.32 Å². The molecule has 7 nitrogen and oxygen atoms in total. The van der Waals surface area contributed by atoms with Gasteiger partial charge in [0.1, 0.15) is 16.9 Å². The number of rotatable bonds is 8. The first-order valence-electron chi connectivity index (χ1n) is 11.1. The van der Waals surface area contributed by atoms with Crippen molar-refractivity contribution >= 4 is 51.5 Å². The largest absolute Gasteiger partial charge is 0.462 e. The number of benzene rings is 2. The van der Waals surface area contributed by atoms with Gasteiger partial charge < -0.3 is 14.6 Å². The molecule has 0 radical (unpaired) electrons. The van der Waals surface area contributed by atoms with Crippen LogP contribution in [0.2, 0.25) is 5.02 Å². The molecule has 0 aliphatic carbocycles. The Morgan fingerprint density at radius 3 is 2.36 bits per heavy atom. The minimum Gasteiger partial charge on any atom is -0.462 e. The van der Waals surface area contributed by atoms with E-state index in [9.17, 15) is 9.59 Å². The zero-order valence-corrected chi connectivity index (χ0v) is 19.4. The molecule has 0 unspecified atom stereocenters. The minimum atomic E-state index is -0.548. The zero-order chi connectivity index (χ0) is 23.4. The molecule has 8 heteroatoms. The fraction of sp³-hybridized carbons (Fsp3) is 0.280. The van der Waals surface area contributed by atoms with Crippen molar-refractivity contribution in [1.29, 1.82) is 0 Å². The van der Waals surface area contributed by atoms with Crippen LogP contribution >= 0.6 is 11.6 Å². The van der Waals surface area contributed by atoms with Crippen LogP contribution in [0.4, 0.5) is 5.82 Å². The maximum Gasteiger partial charge on any atom is 0.344 e. The molecular formula is C25H25ClN4O3. The topological polar surface area (TPSA) is 86.1 Å². The highest BCUT2D eigenvalue weighted by atomic mass is 35.5. The molecule has 2 aromatic carbocycles. The molecule has 0 saturated carbocycles. The number of para-hydroxylation sites is 2. The predicted molar refractivity (Wildman–Crippen MR) is 130 cm³/mol. The lowest BCUT2D eigenvalue weighted by Gasteiger charge is -2.13. The fourth-order valence-electron chi connectivity index (χ4n) is 3.74. The Morgan fingerprint density at radius 1 is 1.00 bits per heavy atom. The van der Waals surface area contributed by atoms with E-state index in [0.29, 0.717) is 45.1 Å². The van der Waals surface area contributed by atoms with E-state index in [-0.39, 0.29) is 18.1 Å². The number of halogens is 1. The second-order valence-corrected chi connectivity index (χ2v) is 8.08. The fourth-order valence-corrected chi connectivity index (χ4v) is 3.87. The molecule has 0 aliphatic rings. The highest BCUT2D eigenvalue weighted by Crippen LogP contribution is 2.31. The summed E-state index contributed by atoms with van der Waals surface area (Å²) in [4.78, 5) is 35.7. The van der Waals surface area contributed by atoms with Crippen LogP contribution in [0.25, 0.3) is 22.2 Å². The monoisotopic (exact) mass is 464 g/mol. The molecule has 2 aromatic heterocycles. The van der Waals surface area contributed by atoms with Crippen LogP contribution in [0.15, 0.2) is 48.5 Å². The molecule has 0 bridgehead atoms. The number of carbonyl (C=O) groups excluding carboxylic acids is 2. The van der Waals surface area contributed by atoms with Gasteiger partial charge in [0.25, 0.3) is 5.91 Å². The van der Waals surface area contributed by atoms with Gasteiger partial charge >= 0.3 is 5.97 Å². The van der Waals surface area contributed by atoms with Crippen molar-refractivity contribution in [2.75, 3.05) is 11.9 Å². The first kappa shape index (κ1) is 22.7. The Morgan fingerprint density at radius 2 is 1.70 bits per heavy atom. The Labute approximate surface area is 196 Å². The number of anilines is 1. The summed E-state index contributed by atoms with van der Waals surface area (Å²) in [7, 11) is 0. The summed E-state index contributed by atoms with van der Waals surface area (Å²) in [6.45, 7) is 4.64. The summed E-state index contributed by atoms with van der Waals surface area (Å²) in [5.74, 6) is -0.566. The Kier molecular flexibility index (Phi) is 6.89. The highest BCUT2D eigenvalue weighted by molar-refractivity contribution is 6.30. The number of unbranched alkanes of at least 4 members (excludes halogenated alkanes) is 2. The van der Waals surface area contributed by atoms with Gasteiger partial charge in [0.05, 0.1) is 17.6 Å². The van der Waals surface area contributed by atoms with E-state index in [2.05, 4.69) is 12.2 Å². The van der Waals surface area contributed by atoms with Gasteiger partial charge in [-0.2, -0.15) is 0 Å². The summed E-state index contributed by atoms with van der Waals surface area (Å²) >= 11 is 5.97. The van der Waals surface area contributed by atoms with Gasteiger partial charge in [-0.1, -0.05) is 43.5 Å². The lowest BCUT2D eigenvalue weighted by molar-refractivity contribution is 0.0529. The molecule has 2 heterocycles. The summed E-state index contributed by atoms with van der Waals surface area (Å²) in [6.07, 6.45) is 2.89. The number of nitrogens with one attached hydrogen (secondary N) is 1. The number of fused-ring (bicyclic) bond motifs is 2. The molecular weight excluding hydrogens is 440 g/mol. The summed E-state index contributed by atoms with van der Waals surface area (Å²) in [6, 6.07) is 14.0. The smallest absolute Gasteiger partial charge is 0.344 e. The van der Waals surface area contributed by atoms with Crippen molar-refractivity contribution in [2.24, 2.45) is 0 Å². The molecule has 0 fully saturated rings. The molecule has 1 N–H and O–H groups in total. The molecule has 0 aliphatic heterocycles. The number of hydrogen-bond donors (Lipinski definition) is 1. The van der Waals surface area contributed by atoms with E-state index >= 15 is 0 Å². The van der Waals surface area contributed by atoms with E-state index in [4.69, 9.17) is 26.3 Å². The van der Waals surface area contributed by atoms with Gasteiger partial charge in [-0.3, -0.25) is 4.79 Å². The second kappa shape index (κ2) is 10.0. The third-order valence-electron chi connectivity index (χ3n) is 5.35. The van der Waals surface area contributed by atoms with Crippen LogP contribution in [0.1, 0.15) is 53.8 Å². The van der Waals surface area contributed by atoms with E-state index in [1.54, 1.807) is 31.2 Å². The standard InChI is InChI=1S/C25H25ClN4O3/c1-3-5-8-15-30-22(29-24(31)16-11-13-17(26)14-12-16)20(25(32)33-4-2)21-23(30)28-19-10-7-6-9-18(19)27-21/h6-7,9-14H,3-5,8,15H2,1-2H3,(H,29,31). The maximum atomic E-state index is 13.1. The highest BCUT2D eigenvalue weighted by Gasteiger charge is 2.28. The van der Waals surface area contributed by atoms with Gasteiger partial charge in [0.15, 0.2) is 5.65 Å². The third-order valence-corrected chi connectivity index (χ3v) is 5.61. The lowest BCUT2D eigenvalue weighted by Crippen LogP contribution is -2.18. The summed E-state index contributed by atoms with van der Waals surface area (Å²) in [5.41, 5.74) is 2.96. The van der Waals surface area contributed by atoms with Gasteiger partial charge in [0, 0.05) is 17.1 Å². The van der Waals surface area contributed by atoms with Crippen LogP contribution in [0, 0.1) is 0 Å². The van der Waals surface area contributed by atoms with Crippen molar-refractivity contribution in [3.05, 3.63) is 64.7 Å². The Hall–Kier alpha value is -3.45. The van der Waals surface area contributed by atoms with Crippen molar-refractivity contribution in [3.63, 3.8) is 0 Å². The quantitative estimate of drug-likeness (QED) is 0.261. The van der Waals surface area contributed by atoms with Crippen molar-refractivity contribution in [1.82, 2.24) is 14.5 Å². The maximum absolute atomic E-state index is 13.1. The van der Waals surface area contributed by atoms with Gasteiger partial charge in [-0.25, -0.2) is 14.8 Å². The molecule has 4 rings (SSSR count). The van der Waals surface area contributed by atoms with E-state index in [1.807, 2.05) is 28.8 Å². The summed E-state index contributed by atoms with van der Waals surface area (Å²) < 4.78 is 7.21. The normalized spacial score (nSPS) is 11.1. The van der Waals surface area contributed by atoms with Crippen molar-refractivity contribution < 1.29 is 14.3 Å². The Bertz CT molecular complexity index is 1310. The number of hydrogen-bond acceptors (Lipinski definition) is 5. The van der Waals surface area contributed by atoms with E-state index in [1.165, 1.54) is 0 Å². The minimum absolute atomic E-state index is 0.201. The molecule has 4 aromatic rings. The van der Waals surface area contributed by atoms with E-state index in [0.717, 1.165) is 19.3 Å². The van der Waals surface area contributed by atoms with E-state index < -0.39 is 5.97 Å². The number of aryl methyl sites for hydroxylation is 1. The number of aromatic nitrogens is 3. The number of esters is 1. The first-order valence-corrected chi connectivity index (χ1v) is 11.4. The number of carbonyl (C=O) groups is 2. The van der Waals surface area contributed by atoms with Crippen LogP contribution in [-0.2, 0) is 11.3 Å². The molecule has 1 amide bonds. The molecule has 33 heavy (non-hydrogen) atoms. The van der Waals surface area contributed by atoms with Crippen LogP contribution in [0.5, 0.6) is 0 Å². The van der Waals surface area contributed by atoms with Gasteiger partial charge in [0.2, 0.25) is 0 Å². The van der Waals surface area contributed by atoms with Gasteiger partial charge in [-0.05, 0) is 49.7 Å². The van der Waals surface area contributed by atoms with Crippen LogP contribution in [0.3, 0.4) is 0 Å². The SMILES string of the molecule is CCCCCn1c(NC(=O)c2ccc(Cl)cc2)c(C(=O)OCC)c2nc3ccccc3nc21. The molecule has 0 atom stereocenters. The first-order chi connectivity index (χ1) is 16.0. The lowest BCUT2D eigenvalue weighted by atomic mass is 10.2. The number of ether oxygens (including phenoxy) is 1. The third kappa shape index (κ3) is 4.68. The Balaban J connectivity index is 1.91. The number of nitrogens with zero attached hydrogens (tertiary/aromatic N) is 3. The second-order valence-electron chi connectivity index (χ2n) is 7.65. The average molecular weight is 465 g/mol. The van der Waals surface area contributed by atoms with Gasteiger partial charge in [-0.15, -0.1) is 0 Å². The summed E-state index contributed by atoms with van der Waals surface area (Å²) in [5, 5.41) is 3.46. The van der Waals surface area contributed by atoms with Crippen LogP contribution in [-0.4, -0.2) is 33.0 Å². The number of amides is 1. The zero-order valence-electron chi connectivity index (χ0n) is 18.6. The van der Waals surface area contributed by atoms with Crippen molar-refractivity contribution in [2.45, 2.75) is 39.7 Å². The molecule has 0 spiro atoms. The average Bonchev–Trinajstić information content (AvgIpc) is 3.10. The predicted octanol–water partition coefficient (Wildman–Crippen LogP) is 5.86.